The van der Waals surface area contributed by atoms with Crippen LogP contribution >= 0.6 is 11.8 Å². The van der Waals surface area contributed by atoms with Crippen molar-refractivity contribution in [1.29, 1.82) is 0 Å². The summed E-state index contributed by atoms with van der Waals surface area (Å²) in [5.74, 6) is -3.11. The van der Waals surface area contributed by atoms with Crippen LogP contribution in [-0.2, 0) is 33.3 Å². The maximum atomic E-state index is 14.1. The number of fused-ring (bicyclic) bond motifs is 1. The molecular formula is C32H55N3O7S. The van der Waals surface area contributed by atoms with Crippen molar-refractivity contribution >= 4 is 34.5 Å². The number of carbonyl (C=O) groups is 3. The SMILES string of the molecule is CN=C1N[C@@]2(C)C(S1)C(C)C(=O)C(C)CC(C)(C)C(OC1O[C@H](C)CC(N(C)C)C1OC)[C@@H](C)C(=O)[C@@H](C)C(=O)O[C@@H]2C. The monoisotopic (exact) mass is 625 g/mol. The van der Waals surface area contributed by atoms with E-state index in [1.54, 1.807) is 28.0 Å². The summed E-state index contributed by atoms with van der Waals surface area (Å²) in [5, 5.41) is 3.88. The number of nitrogens with zero attached hydrogens (tertiary/aromatic N) is 2. The number of cyclic esters (lactones) is 1. The van der Waals surface area contributed by atoms with Gasteiger partial charge in [0.15, 0.2) is 17.2 Å². The molecule has 3 saturated heterocycles. The molecule has 3 heterocycles. The lowest BCUT2D eigenvalue weighted by Gasteiger charge is -2.47. The smallest absolute Gasteiger partial charge is 0.316 e. The van der Waals surface area contributed by atoms with Gasteiger partial charge in [0.2, 0.25) is 0 Å². The fourth-order valence-corrected chi connectivity index (χ4v) is 8.78. The maximum Gasteiger partial charge on any atom is 0.316 e. The number of amidine groups is 1. The molecule has 0 spiro atoms. The molecule has 3 rings (SSSR count). The van der Waals surface area contributed by atoms with Crippen LogP contribution in [0.15, 0.2) is 4.99 Å². The van der Waals surface area contributed by atoms with Gasteiger partial charge in [-0.05, 0) is 60.0 Å². The Kier molecular flexibility index (Phi) is 11.6. The van der Waals surface area contributed by atoms with Gasteiger partial charge in [0.1, 0.15) is 23.9 Å². The third kappa shape index (κ3) is 7.32. The van der Waals surface area contributed by atoms with E-state index in [0.29, 0.717) is 11.6 Å². The number of Topliss-reactive ketones (excluding diaryl/α,β-unsaturated/α-hetero) is 2. The minimum atomic E-state index is -1.01. The molecule has 7 unspecified atom stereocenters. The summed E-state index contributed by atoms with van der Waals surface area (Å²) >= 11 is 1.50. The first kappa shape index (κ1) is 35.9. The van der Waals surface area contributed by atoms with E-state index in [9.17, 15) is 14.4 Å². The van der Waals surface area contributed by atoms with Gasteiger partial charge < -0.3 is 29.2 Å². The summed E-state index contributed by atoms with van der Waals surface area (Å²) in [4.78, 5) is 48.0. The van der Waals surface area contributed by atoms with E-state index in [1.807, 2.05) is 62.6 Å². The normalized spacial score (nSPS) is 44.1. The van der Waals surface area contributed by atoms with E-state index >= 15 is 0 Å². The first-order chi connectivity index (χ1) is 19.9. The van der Waals surface area contributed by atoms with Gasteiger partial charge in [0.05, 0.1) is 17.7 Å². The molecule has 0 radical (unpaired) electrons. The zero-order valence-electron chi connectivity index (χ0n) is 28.4. The zero-order valence-corrected chi connectivity index (χ0v) is 29.2. The zero-order chi connectivity index (χ0) is 32.6. The van der Waals surface area contributed by atoms with Gasteiger partial charge in [-0.25, -0.2) is 0 Å². The van der Waals surface area contributed by atoms with Crippen LogP contribution < -0.4 is 5.32 Å². The van der Waals surface area contributed by atoms with Gasteiger partial charge in [-0.2, -0.15) is 0 Å². The predicted molar refractivity (Wildman–Crippen MR) is 169 cm³/mol. The van der Waals surface area contributed by atoms with E-state index in [0.717, 1.165) is 6.42 Å². The van der Waals surface area contributed by atoms with Gasteiger partial charge in [-0.15, -0.1) is 0 Å². The van der Waals surface area contributed by atoms with Crippen molar-refractivity contribution in [2.24, 2.45) is 34.1 Å². The largest absolute Gasteiger partial charge is 0.460 e. The third-order valence-corrected chi connectivity index (χ3v) is 11.7. The van der Waals surface area contributed by atoms with Crippen molar-refractivity contribution in [3.05, 3.63) is 0 Å². The number of hydrogen-bond donors (Lipinski definition) is 1. The van der Waals surface area contributed by atoms with Crippen LogP contribution in [0.4, 0.5) is 0 Å². The summed E-state index contributed by atoms with van der Waals surface area (Å²) in [6.45, 7) is 17.2. The van der Waals surface area contributed by atoms with E-state index in [-0.39, 0.29) is 40.8 Å². The molecule has 0 amide bonds. The quantitative estimate of drug-likeness (QED) is 0.364. The number of ketones is 2. The second-order valence-electron chi connectivity index (χ2n) is 14.1. The van der Waals surface area contributed by atoms with Crippen molar-refractivity contribution in [2.75, 3.05) is 28.3 Å². The molecule has 0 aromatic carbocycles. The molecule has 3 fully saturated rings. The molecule has 10 nitrogen and oxygen atoms in total. The molecule has 11 heteroatoms. The average Bonchev–Trinajstić information content (AvgIpc) is 3.30. The highest BCUT2D eigenvalue weighted by Gasteiger charge is 2.54. The highest BCUT2D eigenvalue weighted by molar-refractivity contribution is 8.14. The number of esters is 1. The first-order valence-corrected chi connectivity index (χ1v) is 16.5. The number of ether oxygens (including phenoxy) is 4. The molecule has 0 bridgehead atoms. The number of carbonyl (C=O) groups excluding carboxylic acids is 3. The Morgan fingerprint density at radius 2 is 1.63 bits per heavy atom. The summed E-state index contributed by atoms with van der Waals surface area (Å²) in [6.07, 6.45) is -1.24. The minimum absolute atomic E-state index is 0.0477. The fourth-order valence-electron chi connectivity index (χ4n) is 7.32. The van der Waals surface area contributed by atoms with Gasteiger partial charge in [-0.3, -0.25) is 19.4 Å². The number of aliphatic imine (C=N–C) groups is 1. The Morgan fingerprint density at radius 3 is 2.19 bits per heavy atom. The molecule has 1 N–H and O–H groups in total. The molecule has 0 aromatic rings. The van der Waals surface area contributed by atoms with Crippen molar-refractivity contribution in [2.45, 2.75) is 123 Å². The highest BCUT2D eigenvalue weighted by Crippen LogP contribution is 2.44. The van der Waals surface area contributed by atoms with E-state index in [2.05, 4.69) is 15.2 Å². The van der Waals surface area contributed by atoms with E-state index < -0.39 is 53.4 Å². The van der Waals surface area contributed by atoms with Crippen LogP contribution in [0, 0.1) is 29.1 Å². The predicted octanol–water partition coefficient (Wildman–Crippen LogP) is 3.95. The molecule has 246 valence electrons. The van der Waals surface area contributed by atoms with Gasteiger partial charge in [-0.1, -0.05) is 46.4 Å². The Labute approximate surface area is 262 Å². The van der Waals surface area contributed by atoms with Crippen molar-refractivity contribution in [3.8, 4) is 0 Å². The maximum absolute atomic E-state index is 14.1. The number of rotatable bonds is 4. The molecule has 12 atom stereocenters. The third-order valence-electron chi connectivity index (χ3n) is 10.0. The lowest BCUT2D eigenvalue weighted by Crippen LogP contribution is -2.59. The van der Waals surface area contributed by atoms with Crippen molar-refractivity contribution < 1.29 is 33.3 Å². The van der Waals surface area contributed by atoms with Gasteiger partial charge >= 0.3 is 5.97 Å². The molecule has 0 aromatic heterocycles. The molecule has 0 aliphatic carbocycles. The second-order valence-corrected chi connectivity index (χ2v) is 15.2. The van der Waals surface area contributed by atoms with Crippen molar-refractivity contribution in [1.82, 2.24) is 10.2 Å². The topological polar surface area (TPSA) is 116 Å². The Morgan fingerprint density at radius 1 is 1.00 bits per heavy atom. The second kappa shape index (κ2) is 13.8. The number of hydrogen-bond acceptors (Lipinski definition) is 10. The average molecular weight is 626 g/mol. The molecule has 3 aliphatic rings. The Bertz CT molecular complexity index is 1070. The first-order valence-electron chi connectivity index (χ1n) is 15.6. The van der Waals surface area contributed by atoms with Crippen LogP contribution in [0.2, 0.25) is 0 Å². The number of methoxy groups -OCH3 is 1. The summed E-state index contributed by atoms with van der Waals surface area (Å²) in [6, 6.07) is 0.0477. The fraction of sp³-hybridized carbons (Fsp3) is 0.875. The van der Waals surface area contributed by atoms with Crippen LogP contribution in [0.5, 0.6) is 0 Å². The minimum Gasteiger partial charge on any atom is -0.460 e. The molecule has 3 aliphatic heterocycles. The van der Waals surface area contributed by atoms with E-state index in [4.69, 9.17) is 18.9 Å². The van der Waals surface area contributed by atoms with Crippen LogP contribution in [0.25, 0.3) is 0 Å². The van der Waals surface area contributed by atoms with Crippen LogP contribution in [0.1, 0.15) is 75.2 Å². The standard InChI is InChI=1S/C32H55N3O7S/c1-16-15-31(7,8)26(42-29-25(39-13)22(35(11)12)14-17(2)40-29)18(3)24(37)20(5)28(38)41-21(6)32(9)27(19(4)23(16)36)43-30(33-10)34-32/h16-22,25-27,29H,14-15H2,1-13H3,(H,33,34)/t16?,17-,18+,19?,20-,21-,22?,25?,26?,27?,29?,32-/m1/s1. The summed E-state index contributed by atoms with van der Waals surface area (Å²) < 4.78 is 25.0. The summed E-state index contributed by atoms with van der Waals surface area (Å²) in [7, 11) is 7.35. The van der Waals surface area contributed by atoms with Gasteiger partial charge in [0.25, 0.3) is 0 Å². The Hall–Kier alpha value is -1.53. The number of thioether (sulfide) groups is 1. The molecule has 43 heavy (non-hydrogen) atoms. The molecular weight excluding hydrogens is 570 g/mol. The molecule has 0 saturated carbocycles. The highest BCUT2D eigenvalue weighted by atomic mass is 32.2. The van der Waals surface area contributed by atoms with Crippen molar-refractivity contribution in [3.63, 3.8) is 0 Å². The van der Waals surface area contributed by atoms with Crippen LogP contribution in [0.3, 0.4) is 0 Å². The number of likely N-dealkylation sites (N-methyl/N-ethyl adjacent to an activating group) is 1. The lowest BCUT2D eigenvalue weighted by atomic mass is 9.70. The summed E-state index contributed by atoms with van der Waals surface area (Å²) in [5.41, 5.74) is -1.39. The Balaban J connectivity index is 2.05. The van der Waals surface area contributed by atoms with Crippen LogP contribution in [-0.4, -0.2) is 103 Å². The van der Waals surface area contributed by atoms with Gasteiger partial charge in [0, 0.05) is 43.2 Å². The lowest BCUT2D eigenvalue weighted by molar-refractivity contribution is -0.289. The number of nitrogens with one attached hydrogen (secondary N) is 1. The van der Waals surface area contributed by atoms with E-state index in [1.165, 1.54) is 11.8 Å².